The smallest absolute Gasteiger partial charge is 0.262 e. The van der Waals surface area contributed by atoms with Gasteiger partial charge in [0.2, 0.25) is 0 Å². The highest BCUT2D eigenvalue weighted by molar-refractivity contribution is 6.02. The molecule has 2 atom stereocenters. The summed E-state index contributed by atoms with van der Waals surface area (Å²) in [5.74, 6) is 0.103. The first-order valence-electron chi connectivity index (χ1n) is 11.1. The number of nitrogens with zero attached hydrogens (tertiary/aromatic N) is 4. The van der Waals surface area contributed by atoms with Crippen LogP contribution in [0.2, 0.25) is 0 Å². The van der Waals surface area contributed by atoms with Gasteiger partial charge in [0.1, 0.15) is 17.3 Å². The van der Waals surface area contributed by atoms with Gasteiger partial charge in [0, 0.05) is 35.8 Å². The topological polar surface area (TPSA) is 83.6 Å². The summed E-state index contributed by atoms with van der Waals surface area (Å²) in [4.78, 5) is 17.1. The van der Waals surface area contributed by atoms with Crippen molar-refractivity contribution in [2.24, 2.45) is 5.92 Å². The minimum absolute atomic E-state index is 0.0900. The molecule has 1 fully saturated rings. The Morgan fingerprint density at radius 1 is 1.22 bits per heavy atom. The molecule has 2 aromatic heterocycles. The lowest BCUT2D eigenvalue weighted by molar-refractivity contribution is -0.118. The standard InChI is InChI=1S/C26H27N5O/c1-19-8-5-6-12-24(19)29-26(32)22(15-27)14-23-18-31(17-20-9-3-2-4-10-20)30-25(23)21-11-7-13-28-16-21/h2-4,7,9-11,13-14,16,18-19,24H,5-6,8,12,17H2,1H3,(H,29,32)/b22-14+/t19-,24+/m0/s1. The Morgan fingerprint density at radius 2 is 2.03 bits per heavy atom. The van der Waals surface area contributed by atoms with Crippen LogP contribution in [0.4, 0.5) is 0 Å². The van der Waals surface area contributed by atoms with Gasteiger partial charge in [-0.3, -0.25) is 14.5 Å². The lowest BCUT2D eigenvalue weighted by Crippen LogP contribution is -2.41. The summed E-state index contributed by atoms with van der Waals surface area (Å²) in [5.41, 5.74) is 3.46. The highest BCUT2D eigenvalue weighted by atomic mass is 16.1. The molecule has 1 N–H and O–H groups in total. The first-order chi connectivity index (χ1) is 15.6. The maximum absolute atomic E-state index is 12.9. The Hall–Kier alpha value is -3.72. The number of rotatable bonds is 6. The summed E-state index contributed by atoms with van der Waals surface area (Å²) < 4.78 is 1.83. The molecule has 1 aromatic carbocycles. The van der Waals surface area contributed by atoms with Gasteiger partial charge in [-0.05, 0) is 42.5 Å². The van der Waals surface area contributed by atoms with Crippen molar-refractivity contribution in [3.8, 4) is 17.3 Å². The van der Waals surface area contributed by atoms with E-state index < -0.39 is 0 Å². The predicted octanol–water partition coefficient (Wildman–Crippen LogP) is 4.60. The number of carbonyl (C=O) groups excluding carboxylic acids is 1. The zero-order chi connectivity index (χ0) is 22.3. The van der Waals surface area contributed by atoms with Crippen molar-refractivity contribution in [3.63, 3.8) is 0 Å². The molecule has 0 bridgehead atoms. The summed E-state index contributed by atoms with van der Waals surface area (Å²) in [6.07, 6.45) is 11.3. The third-order valence-electron chi connectivity index (χ3n) is 6.01. The summed E-state index contributed by atoms with van der Waals surface area (Å²) in [5, 5.41) is 17.6. The number of amides is 1. The highest BCUT2D eigenvalue weighted by Gasteiger charge is 2.24. The van der Waals surface area contributed by atoms with Gasteiger partial charge < -0.3 is 5.32 Å². The van der Waals surface area contributed by atoms with E-state index in [1.807, 2.05) is 53.3 Å². The van der Waals surface area contributed by atoms with E-state index in [1.165, 1.54) is 6.42 Å². The zero-order valence-electron chi connectivity index (χ0n) is 18.2. The molecule has 2 heterocycles. The Morgan fingerprint density at radius 3 is 2.75 bits per heavy atom. The molecule has 3 aromatic rings. The lowest BCUT2D eigenvalue weighted by atomic mass is 9.86. The fraction of sp³-hybridized carbons (Fsp3) is 0.308. The molecule has 1 aliphatic carbocycles. The Labute approximate surface area is 188 Å². The van der Waals surface area contributed by atoms with Crippen molar-refractivity contribution in [1.29, 1.82) is 5.26 Å². The molecular formula is C26H27N5O. The van der Waals surface area contributed by atoms with Crippen LogP contribution in [-0.2, 0) is 11.3 Å². The van der Waals surface area contributed by atoms with Crippen LogP contribution < -0.4 is 5.32 Å². The molecule has 0 unspecified atom stereocenters. The van der Waals surface area contributed by atoms with Gasteiger partial charge >= 0.3 is 0 Å². The van der Waals surface area contributed by atoms with Crippen LogP contribution in [0.5, 0.6) is 0 Å². The van der Waals surface area contributed by atoms with E-state index >= 15 is 0 Å². The second-order valence-electron chi connectivity index (χ2n) is 8.37. The van der Waals surface area contributed by atoms with Gasteiger partial charge in [0.25, 0.3) is 5.91 Å². The number of benzene rings is 1. The second kappa shape index (κ2) is 10.1. The van der Waals surface area contributed by atoms with Gasteiger partial charge in [0.15, 0.2) is 0 Å². The van der Waals surface area contributed by atoms with E-state index in [2.05, 4.69) is 23.3 Å². The molecular weight excluding hydrogens is 398 g/mol. The monoisotopic (exact) mass is 425 g/mol. The van der Waals surface area contributed by atoms with E-state index in [0.29, 0.717) is 18.2 Å². The molecule has 0 saturated heterocycles. The summed E-state index contributed by atoms with van der Waals surface area (Å²) >= 11 is 0. The van der Waals surface area contributed by atoms with Crippen molar-refractivity contribution < 1.29 is 4.79 Å². The van der Waals surface area contributed by atoms with E-state index in [0.717, 1.165) is 36.0 Å². The third-order valence-corrected chi connectivity index (χ3v) is 6.01. The Kier molecular flexibility index (Phi) is 6.76. The van der Waals surface area contributed by atoms with Gasteiger partial charge in [-0.25, -0.2) is 0 Å². The number of hydrogen-bond donors (Lipinski definition) is 1. The normalized spacial score (nSPS) is 18.7. The maximum atomic E-state index is 12.9. The molecule has 0 aliphatic heterocycles. The fourth-order valence-corrected chi connectivity index (χ4v) is 4.20. The predicted molar refractivity (Wildman–Crippen MR) is 124 cm³/mol. The van der Waals surface area contributed by atoms with Gasteiger partial charge in [-0.15, -0.1) is 0 Å². The first kappa shape index (κ1) is 21.5. The number of aromatic nitrogens is 3. The van der Waals surface area contributed by atoms with E-state index in [9.17, 15) is 10.1 Å². The summed E-state index contributed by atoms with van der Waals surface area (Å²) in [6.45, 7) is 2.75. The highest BCUT2D eigenvalue weighted by Crippen LogP contribution is 2.26. The quantitative estimate of drug-likeness (QED) is 0.462. The Balaban J connectivity index is 1.64. The van der Waals surface area contributed by atoms with Crippen molar-refractivity contribution in [2.45, 2.75) is 45.2 Å². The van der Waals surface area contributed by atoms with Crippen LogP contribution in [0.25, 0.3) is 17.3 Å². The molecule has 0 radical (unpaired) electrons. The molecule has 6 heteroatoms. The number of nitrogens with one attached hydrogen (secondary N) is 1. The molecule has 1 saturated carbocycles. The minimum Gasteiger partial charge on any atom is -0.348 e. The molecule has 0 spiro atoms. The minimum atomic E-state index is -0.320. The van der Waals surface area contributed by atoms with E-state index in [-0.39, 0.29) is 17.5 Å². The van der Waals surface area contributed by atoms with Crippen molar-refractivity contribution in [3.05, 3.63) is 77.8 Å². The van der Waals surface area contributed by atoms with Gasteiger partial charge in [0.05, 0.1) is 6.54 Å². The van der Waals surface area contributed by atoms with Gasteiger partial charge in [-0.2, -0.15) is 10.4 Å². The van der Waals surface area contributed by atoms with Crippen molar-refractivity contribution in [2.75, 3.05) is 0 Å². The van der Waals surface area contributed by atoms with Crippen LogP contribution in [-0.4, -0.2) is 26.7 Å². The van der Waals surface area contributed by atoms with E-state index in [1.54, 1.807) is 18.5 Å². The molecule has 6 nitrogen and oxygen atoms in total. The number of hydrogen-bond acceptors (Lipinski definition) is 4. The zero-order valence-corrected chi connectivity index (χ0v) is 18.2. The van der Waals surface area contributed by atoms with Crippen LogP contribution in [0.3, 0.4) is 0 Å². The van der Waals surface area contributed by atoms with Crippen LogP contribution >= 0.6 is 0 Å². The molecule has 1 aliphatic rings. The average molecular weight is 426 g/mol. The van der Waals surface area contributed by atoms with Crippen molar-refractivity contribution in [1.82, 2.24) is 20.1 Å². The fourth-order valence-electron chi connectivity index (χ4n) is 4.20. The molecule has 32 heavy (non-hydrogen) atoms. The Bertz CT molecular complexity index is 1130. The number of nitriles is 1. The molecule has 4 rings (SSSR count). The SMILES string of the molecule is C[C@H]1CCCC[C@H]1NC(=O)/C(C#N)=C/c1cn(Cc2ccccc2)nc1-c1cccnc1. The van der Waals surface area contributed by atoms with Crippen LogP contribution in [0.1, 0.15) is 43.7 Å². The second-order valence-corrected chi connectivity index (χ2v) is 8.37. The molecule has 162 valence electrons. The molecule has 1 amide bonds. The average Bonchev–Trinajstić information content (AvgIpc) is 3.22. The van der Waals surface area contributed by atoms with Crippen LogP contribution in [0, 0.1) is 17.2 Å². The third kappa shape index (κ3) is 5.12. The maximum Gasteiger partial charge on any atom is 0.262 e. The summed E-state index contributed by atoms with van der Waals surface area (Å²) in [7, 11) is 0. The number of pyridine rings is 1. The van der Waals surface area contributed by atoms with E-state index in [4.69, 9.17) is 5.10 Å². The largest absolute Gasteiger partial charge is 0.348 e. The first-order valence-corrected chi connectivity index (χ1v) is 11.1. The lowest BCUT2D eigenvalue weighted by Gasteiger charge is -2.29. The summed E-state index contributed by atoms with van der Waals surface area (Å²) in [6, 6.07) is 16.0. The van der Waals surface area contributed by atoms with Gasteiger partial charge in [-0.1, -0.05) is 50.1 Å². The number of carbonyl (C=O) groups is 1. The van der Waals surface area contributed by atoms with Crippen LogP contribution in [0.15, 0.2) is 66.6 Å². The van der Waals surface area contributed by atoms with Crippen molar-refractivity contribution >= 4 is 12.0 Å².